The van der Waals surface area contributed by atoms with Gasteiger partial charge < -0.3 is 10.5 Å². The van der Waals surface area contributed by atoms with E-state index in [-0.39, 0.29) is 6.04 Å². The molecule has 3 heterocycles. The van der Waals surface area contributed by atoms with E-state index in [1.54, 1.807) is 24.5 Å². The van der Waals surface area contributed by atoms with E-state index in [9.17, 15) is 5.21 Å². The van der Waals surface area contributed by atoms with E-state index in [1.807, 2.05) is 0 Å². The minimum atomic E-state index is -0.642. The van der Waals surface area contributed by atoms with Crippen LogP contribution in [0.5, 0.6) is 0 Å². The van der Waals surface area contributed by atoms with Crippen LogP contribution in [0.4, 0.5) is 0 Å². The molecule has 18 heavy (non-hydrogen) atoms. The van der Waals surface area contributed by atoms with Crippen molar-refractivity contribution in [1.82, 2.24) is 5.32 Å². The standard InChI is InChI=1S/C10H10N6OS/c11-10-14-8-7(12-5-13-8)9(15-10)18-6-3-1-2-4-16(6)17/h1-5,7,10H,11H2,(H,12,13,14). The van der Waals surface area contributed by atoms with E-state index in [1.165, 1.54) is 18.0 Å². The first-order valence-corrected chi connectivity index (χ1v) is 6.11. The van der Waals surface area contributed by atoms with Gasteiger partial charge in [-0.05, 0) is 17.8 Å². The van der Waals surface area contributed by atoms with Crippen LogP contribution < -0.4 is 15.8 Å². The van der Waals surface area contributed by atoms with Gasteiger partial charge >= 0.3 is 0 Å². The SMILES string of the molecule is NC1N=C2NC=NC2C(Sc2cccc[n+]2[O-])=N1. The van der Waals surface area contributed by atoms with E-state index in [2.05, 4.69) is 20.3 Å². The second-order valence-corrected chi connectivity index (χ2v) is 4.73. The summed E-state index contributed by atoms with van der Waals surface area (Å²) in [7, 11) is 0. The van der Waals surface area contributed by atoms with Gasteiger partial charge in [0.15, 0.2) is 18.5 Å². The Balaban J connectivity index is 1.88. The molecule has 3 N–H and O–H groups in total. The van der Waals surface area contributed by atoms with Crippen LogP contribution in [0.2, 0.25) is 0 Å². The molecule has 0 amide bonds. The molecule has 0 saturated carbocycles. The highest BCUT2D eigenvalue weighted by Gasteiger charge is 2.31. The quantitative estimate of drug-likeness (QED) is 0.524. The lowest BCUT2D eigenvalue weighted by atomic mass is 10.3. The number of nitrogens with two attached hydrogens (primary N) is 1. The molecule has 0 aromatic carbocycles. The number of aliphatic imine (C=N–C) groups is 3. The van der Waals surface area contributed by atoms with E-state index in [4.69, 9.17) is 5.73 Å². The van der Waals surface area contributed by atoms with Gasteiger partial charge in [-0.3, -0.25) is 10.7 Å². The molecule has 0 fully saturated rings. The maximum atomic E-state index is 11.6. The molecule has 0 bridgehead atoms. The van der Waals surface area contributed by atoms with Gasteiger partial charge in [0.2, 0.25) is 0 Å². The summed E-state index contributed by atoms with van der Waals surface area (Å²) in [6.45, 7) is 0. The Bertz CT molecular complexity index is 569. The van der Waals surface area contributed by atoms with Crippen LogP contribution in [-0.2, 0) is 0 Å². The minimum Gasteiger partial charge on any atom is -0.618 e. The molecule has 2 atom stereocenters. The van der Waals surface area contributed by atoms with Crippen molar-refractivity contribution < 1.29 is 4.73 Å². The summed E-state index contributed by atoms with van der Waals surface area (Å²) in [6.07, 6.45) is 2.36. The molecule has 2 aliphatic rings. The van der Waals surface area contributed by atoms with Crippen LogP contribution in [0.1, 0.15) is 0 Å². The first kappa shape index (κ1) is 11.2. The summed E-state index contributed by atoms with van der Waals surface area (Å²) in [4.78, 5) is 12.6. The molecule has 0 aliphatic carbocycles. The summed E-state index contributed by atoms with van der Waals surface area (Å²) in [5.41, 5.74) is 5.70. The number of hydrogen-bond donors (Lipinski definition) is 2. The summed E-state index contributed by atoms with van der Waals surface area (Å²) in [5.74, 6) is 0.674. The zero-order valence-corrected chi connectivity index (χ0v) is 10.0. The highest BCUT2D eigenvalue weighted by atomic mass is 32.2. The molecule has 2 unspecified atom stereocenters. The third-order valence-corrected chi connectivity index (χ3v) is 3.52. The number of aromatic nitrogens is 1. The number of nitrogens with zero attached hydrogens (tertiary/aromatic N) is 4. The molecule has 0 spiro atoms. The number of rotatable bonds is 1. The monoisotopic (exact) mass is 262 g/mol. The van der Waals surface area contributed by atoms with E-state index in [0.29, 0.717) is 15.9 Å². The summed E-state index contributed by atoms with van der Waals surface area (Å²) < 4.78 is 0.788. The molecular weight excluding hydrogens is 252 g/mol. The Morgan fingerprint density at radius 1 is 1.39 bits per heavy atom. The van der Waals surface area contributed by atoms with Gasteiger partial charge in [-0.1, -0.05) is 0 Å². The van der Waals surface area contributed by atoms with Crippen molar-refractivity contribution in [1.29, 1.82) is 0 Å². The van der Waals surface area contributed by atoms with Crippen LogP contribution in [0.25, 0.3) is 0 Å². The lowest BCUT2D eigenvalue weighted by Gasteiger charge is -2.18. The molecule has 7 nitrogen and oxygen atoms in total. The zero-order valence-electron chi connectivity index (χ0n) is 9.22. The lowest BCUT2D eigenvalue weighted by Crippen LogP contribution is -2.39. The van der Waals surface area contributed by atoms with Gasteiger partial charge in [-0.2, -0.15) is 4.73 Å². The second kappa shape index (κ2) is 4.39. The largest absolute Gasteiger partial charge is 0.618 e. The minimum absolute atomic E-state index is 0.269. The number of hydrogen-bond acceptors (Lipinski definition) is 7. The summed E-state index contributed by atoms with van der Waals surface area (Å²) in [6, 6.07) is 4.93. The van der Waals surface area contributed by atoms with E-state index in [0.717, 1.165) is 4.73 Å². The van der Waals surface area contributed by atoms with Crippen molar-refractivity contribution >= 4 is 29.0 Å². The van der Waals surface area contributed by atoms with Gasteiger partial charge in [0.1, 0.15) is 10.9 Å². The molecular formula is C10H10N6OS. The predicted octanol–water partition coefficient (Wildman–Crippen LogP) is -0.535. The average Bonchev–Trinajstić information content (AvgIpc) is 2.80. The number of nitrogens with one attached hydrogen (secondary N) is 1. The van der Waals surface area contributed by atoms with Gasteiger partial charge in [-0.25, -0.2) is 9.98 Å². The van der Waals surface area contributed by atoms with Crippen molar-refractivity contribution in [2.75, 3.05) is 0 Å². The van der Waals surface area contributed by atoms with Gasteiger partial charge in [0, 0.05) is 12.1 Å². The fraction of sp³-hybridized carbons (Fsp3) is 0.200. The van der Waals surface area contributed by atoms with Crippen LogP contribution in [0.15, 0.2) is 44.4 Å². The number of amidine groups is 1. The van der Waals surface area contributed by atoms with E-state index < -0.39 is 6.29 Å². The molecule has 8 heteroatoms. The van der Waals surface area contributed by atoms with Crippen LogP contribution in [0.3, 0.4) is 0 Å². The van der Waals surface area contributed by atoms with Crippen molar-refractivity contribution in [3.8, 4) is 0 Å². The third kappa shape index (κ3) is 1.95. The molecule has 3 rings (SSSR count). The molecule has 2 aliphatic heterocycles. The average molecular weight is 262 g/mol. The van der Waals surface area contributed by atoms with Crippen LogP contribution in [-0.4, -0.2) is 29.5 Å². The van der Waals surface area contributed by atoms with Crippen molar-refractivity contribution in [3.05, 3.63) is 29.6 Å². The predicted molar refractivity (Wildman–Crippen MR) is 69.5 cm³/mol. The number of thioether (sulfide) groups is 1. The van der Waals surface area contributed by atoms with Crippen LogP contribution in [0, 0.1) is 5.21 Å². The Kier molecular flexibility index (Phi) is 2.73. The first-order chi connectivity index (χ1) is 8.74. The number of pyridine rings is 1. The highest BCUT2D eigenvalue weighted by Crippen LogP contribution is 2.23. The van der Waals surface area contributed by atoms with Crippen molar-refractivity contribution in [2.45, 2.75) is 17.4 Å². The van der Waals surface area contributed by atoms with Gasteiger partial charge in [0.25, 0.3) is 5.03 Å². The maximum absolute atomic E-state index is 11.6. The molecule has 0 saturated heterocycles. The highest BCUT2D eigenvalue weighted by molar-refractivity contribution is 8.14. The van der Waals surface area contributed by atoms with Crippen LogP contribution >= 0.6 is 11.8 Å². The Morgan fingerprint density at radius 2 is 2.28 bits per heavy atom. The summed E-state index contributed by atoms with van der Waals surface area (Å²) in [5, 5.41) is 15.7. The third-order valence-electron chi connectivity index (χ3n) is 2.46. The Hall–Kier alpha value is -1.93. The normalized spacial score (nSPS) is 25.2. The smallest absolute Gasteiger partial charge is 0.257 e. The van der Waals surface area contributed by atoms with Crippen molar-refractivity contribution in [2.24, 2.45) is 20.7 Å². The molecule has 1 aromatic heterocycles. The Morgan fingerprint density at radius 3 is 3.11 bits per heavy atom. The number of fused-ring (bicyclic) bond motifs is 1. The topological polar surface area (TPSA) is 102 Å². The van der Waals surface area contributed by atoms with E-state index >= 15 is 0 Å². The first-order valence-electron chi connectivity index (χ1n) is 5.29. The fourth-order valence-electron chi connectivity index (χ4n) is 1.67. The molecule has 0 radical (unpaired) electrons. The lowest BCUT2D eigenvalue weighted by molar-refractivity contribution is -0.645. The van der Waals surface area contributed by atoms with Gasteiger partial charge in [-0.15, -0.1) is 0 Å². The van der Waals surface area contributed by atoms with Gasteiger partial charge in [0.05, 0.1) is 6.34 Å². The van der Waals surface area contributed by atoms with Crippen molar-refractivity contribution in [3.63, 3.8) is 0 Å². The summed E-state index contributed by atoms with van der Waals surface area (Å²) >= 11 is 1.26. The fourth-order valence-corrected chi connectivity index (χ4v) is 2.63. The Labute approximate surface area is 107 Å². The second-order valence-electron chi connectivity index (χ2n) is 3.69. The maximum Gasteiger partial charge on any atom is 0.257 e. The zero-order chi connectivity index (χ0) is 12.5. The molecule has 92 valence electrons. The molecule has 1 aromatic rings.